The molecule has 1 aromatic carbocycles. The van der Waals surface area contributed by atoms with Crippen molar-refractivity contribution in [2.24, 2.45) is 0 Å². The molecular formula is C13H20N2O. The fourth-order valence-corrected chi connectivity index (χ4v) is 2.36. The van der Waals surface area contributed by atoms with Gasteiger partial charge in [0.05, 0.1) is 12.2 Å². The average Bonchev–Trinajstić information content (AvgIpc) is 2.15. The van der Waals surface area contributed by atoms with Gasteiger partial charge in [0.1, 0.15) is 0 Å². The Morgan fingerprint density at radius 2 is 2.00 bits per heavy atom. The van der Waals surface area contributed by atoms with Gasteiger partial charge in [0, 0.05) is 25.3 Å². The van der Waals surface area contributed by atoms with Gasteiger partial charge >= 0.3 is 0 Å². The van der Waals surface area contributed by atoms with E-state index in [0.717, 1.165) is 25.3 Å². The molecule has 3 nitrogen and oxygen atoms in total. The first-order valence-electron chi connectivity index (χ1n) is 5.85. The van der Waals surface area contributed by atoms with E-state index < -0.39 is 0 Å². The van der Waals surface area contributed by atoms with Crippen molar-refractivity contribution < 1.29 is 4.74 Å². The van der Waals surface area contributed by atoms with Crippen LogP contribution in [-0.2, 0) is 11.3 Å². The summed E-state index contributed by atoms with van der Waals surface area (Å²) in [6, 6.07) is 8.11. The first-order chi connectivity index (χ1) is 7.63. The Kier molecular flexibility index (Phi) is 3.46. The number of hydrogen-bond acceptors (Lipinski definition) is 3. The van der Waals surface area contributed by atoms with Crippen molar-refractivity contribution in [1.29, 1.82) is 0 Å². The lowest BCUT2D eigenvalue weighted by Gasteiger charge is -2.35. The van der Waals surface area contributed by atoms with E-state index in [9.17, 15) is 0 Å². The topological polar surface area (TPSA) is 38.5 Å². The smallest absolute Gasteiger partial charge is 0.0678 e. The van der Waals surface area contributed by atoms with Crippen LogP contribution in [0.5, 0.6) is 0 Å². The fourth-order valence-electron chi connectivity index (χ4n) is 2.36. The molecule has 88 valence electrons. The number of nitrogens with zero attached hydrogens (tertiary/aromatic N) is 1. The third kappa shape index (κ3) is 2.97. The van der Waals surface area contributed by atoms with Gasteiger partial charge in [-0.25, -0.2) is 0 Å². The molecule has 0 aromatic heterocycles. The number of hydrogen-bond donors (Lipinski definition) is 1. The van der Waals surface area contributed by atoms with Gasteiger partial charge in [0.15, 0.2) is 0 Å². The minimum absolute atomic E-state index is 0.324. The summed E-state index contributed by atoms with van der Waals surface area (Å²) in [6.07, 6.45) is 0.648. The highest BCUT2D eigenvalue weighted by molar-refractivity contribution is 5.40. The minimum Gasteiger partial charge on any atom is -0.399 e. The number of anilines is 1. The first-order valence-corrected chi connectivity index (χ1v) is 5.85. The van der Waals surface area contributed by atoms with Gasteiger partial charge in [-0.2, -0.15) is 0 Å². The summed E-state index contributed by atoms with van der Waals surface area (Å²) in [7, 11) is 0. The molecule has 0 radical (unpaired) electrons. The van der Waals surface area contributed by atoms with Crippen LogP contribution in [0.2, 0.25) is 0 Å². The van der Waals surface area contributed by atoms with Crippen LogP contribution >= 0.6 is 0 Å². The van der Waals surface area contributed by atoms with Gasteiger partial charge in [-0.15, -0.1) is 0 Å². The van der Waals surface area contributed by atoms with Crippen LogP contribution in [-0.4, -0.2) is 30.2 Å². The van der Waals surface area contributed by atoms with Crippen molar-refractivity contribution >= 4 is 5.69 Å². The summed E-state index contributed by atoms with van der Waals surface area (Å²) < 4.78 is 5.71. The van der Waals surface area contributed by atoms with E-state index in [2.05, 4.69) is 24.8 Å². The van der Waals surface area contributed by atoms with E-state index in [1.807, 2.05) is 18.2 Å². The Hall–Kier alpha value is -1.06. The average molecular weight is 220 g/mol. The van der Waals surface area contributed by atoms with Crippen molar-refractivity contribution in [3.8, 4) is 0 Å². The Balaban J connectivity index is 1.98. The van der Waals surface area contributed by atoms with Gasteiger partial charge in [-0.3, -0.25) is 4.90 Å². The van der Waals surface area contributed by atoms with E-state index in [0.29, 0.717) is 12.2 Å². The highest BCUT2D eigenvalue weighted by Crippen LogP contribution is 2.15. The van der Waals surface area contributed by atoms with Gasteiger partial charge < -0.3 is 10.5 Å². The predicted molar refractivity (Wildman–Crippen MR) is 66.1 cm³/mol. The number of morpholine rings is 1. The molecule has 0 bridgehead atoms. The molecule has 1 saturated heterocycles. The van der Waals surface area contributed by atoms with Crippen LogP contribution in [0.1, 0.15) is 19.4 Å². The third-order valence-electron chi connectivity index (χ3n) is 2.85. The zero-order valence-electron chi connectivity index (χ0n) is 10.0. The molecule has 0 aliphatic carbocycles. The maximum absolute atomic E-state index is 5.78. The summed E-state index contributed by atoms with van der Waals surface area (Å²) in [4.78, 5) is 2.42. The van der Waals surface area contributed by atoms with Gasteiger partial charge in [-0.05, 0) is 31.5 Å². The zero-order valence-corrected chi connectivity index (χ0v) is 10.0. The largest absolute Gasteiger partial charge is 0.399 e. The van der Waals surface area contributed by atoms with Crippen LogP contribution in [0.3, 0.4) is 0 Å². The number of ether oxygens (including phenoxy) is 1. The van der Waals surface area contributed by atoms with Gasteiger partial charge in [-0.1, -0.05) is 12.1 Å². The fraction of sp³-hybridized carbons (Fsp3) is 0.538. The van der Waals surface area contributed by atoms with E-state index in [1.165, 1.54) is 5.56 Å². The normalized spacial score (nSPS) is 26.9. The van der Waals surface area contributed by atoms with Crippen molar-refractivity contribution in [2.45, 2.75) is 32.6 Å². The van der Waals surface area contributed by atoms with Crippen molar-refractivity contribution in [1.82, 2.24) is 4.90 Å². The van der Waals surface area contributed by atoms with Crippen molar-refractivity contribution in [3.05, 3.63) is 29.8 Å². The van der Waals surface area contributed by atoms with Crippen molar-refractivity contribution in [2.75, 3.05) is 18.8 Å². The lowest BCUT2D eigenvalue weighted by Crippen LogP contribution is -2.44. The van der Waals surface area contributed by atoms with E-state index in [1.54, 1.807) is 0 Å². The highest BCUT2D eigenvalue weighted by Gasteiger charge is 2.21. The molecule has 16 heavy (non-hydrogen) atoms. The number of nitrogen functional groups attached to an aromatic ring is 1. The second-order valence-electron chi connectivity index (χ2n) is 4.70. The first kappa shape index (κ1) is 11.4. The molecule has 2 unspecified atom stereocenters. The number of benzene rings is 1. The quantitative estimate of drug-likeness (QED) is 0.773. The lowest BCUT2D eigenvalue weighted by molar-refractivity contribution is -0.0704. The molecule has 1 aliphatic heterocycles. The SMILES string of the molecule is CC1CN(Cc2cccc(N)c2)CC(C)O1. The zero-order chi connectivity index (χ0) is 11.5. The second-order valence-corrected chi connectivity index (χ2v) is 4.70. The summed E-state index contributed by atoms with van der Waals surface area (Å²) in [5.41, 5.74) is 7.89. The second kappa shape index (κ2) is 4.85. The molecule has 3 heteroatoms. The molecule has 0 amide bonds. The Bertz CT molecular complexity index is 344. The molecular weight excluding hydrogens is 200 g/mol. The summed E-state index contributed by atoms with van der Waals surface area (Å²) >= 11 is 0. The Labute approximate surface area is 97.2 Å². The predicted octanol–water partition coefficient (Wildman–Crippen LogP) is 1.88. The monoisotopic (exact) mass is 220 g/mol. The lowest BCUT2D eigenvalue weighted by atomic mass is 10.1. The molecule has 2 N–H and O–H groups in total. The van der Waals surface area contributed by atoms with Gasteiger partial charge in [0.2, 0.25) is 0 Å². The summed E-state index contributed by atoms with van der Waals surface area (Å²) in [5, 5.41) is 0. The molecule has 2 atom stereocenters. The molecule has 1 aromatic rings. The van der Waals surface area contributed by atoms with E-state index in [-0.39, 0.29) is 0 Å². The summed E-state index contributed by atoms with van der Waals surface area (Å²) in [5.74, 6) is 0. The van der Waals surface area contributed by atoms with Crippen LogP contribution in [0.25, 0.3) is 0 Å². The highest BCUT2D eigenvalue weighted by atomic mass is 16.5. The molecule has 0 saturated carbocycles. The molecule has 1 fully saturated rings. The minimum atomic E-state index is 0.324. The standard InChI is InChI=1S/C13H20N2O/c1-10-7-15(8-11(2)16-10)9-12-4-3-5-13(14)6-12/h3-6,10-11H,7-9,14H2,1-2H3. The van der Waals surface area contributed by atoms with Crippen molar-refractivity contribution in [3.63, 3.8) is 0 Å². The molecule has 1 aliphatic rings. The Morgan fingerprint density at radius 3 is 2.62 bits per heavy atom. The summed E-state index contributed by atoms with van der Waals surface area (Å²) in [6.45, 7) is 7.21. The molecule has 2 rings (SSSR count). The number of nitrogens with two attached hydrogens (primary N) is 1. The van der Waals surface area contributed by atoms with Gasteiger partial charge in [0.25, 0.3) is 0 Å². The van der Waals surface area contributed by atoms with Crippen LogP contribution < -0.4 is 5.73 Å². The molecule has 0 spiro atoms. The van der Waals surface area contributed by atoms with E-state index >= 15 is 0 Å². The maximum Gasteiger partial charge on any atom is 0.0678 e. The third-order valence-corrected chi connectivity index (χ3v) is 2.85. The maximum atomic E-state index is 5.78. The number of rotatable bonds is 2. The van der Waals surface area contributed by atoms with Crippen LogP contribution in [0, 0.1) is 0 Å². The van der Waals surface area contributed by atoms with E-state index in [4.69, 9.17) is 10.5 Å². The Morgan fingerprint density at radius 1 is 1.31 bits per heavy atom. The molecule has 1 heterocycles. The van der Waals surface area contributed by atoms with Crippen LogP contribution in [0.4, 0.5) is 5.69 Å². The van der Waals surface area contributed by atoms with Crippen LogP contribution in [0.15, 0.2) is 24.3 Å².